The van der Waals surface area contributed by atoms with Crippen LogP contribution in [0, 0.1) is 6.92 Å². The monoisotopic (exact) mass is 400 g/mol. The van der Waals surface area contributed by atoms with Crippen molar-refractivity contribution in [1.82, 2.24) is 20.0 Å². The number of carbonyl (C=O) groups is 2. The van der Waals surface area contributed by atoms with Gasteiger partial charge in [-0.05, 0) is 30.7 Å². The molecule has 29 heavy (non-hydrogen) atoms. The molecular weight excluding hydrogens is 376 g/mol. The number of fused-ring (bicyclic) bond motifs is 1. The van der Waals surface area contributed by atoms with Gasteiger partial charge in [0.2, 0.25) is 5.91 Å². The van der Waals surface area contributed by atoms with Crippen molar-refractivity contribution in [2.75, 3.05) is 27.4 Å². The summed E-state index contributed by atoms with van der Waals surface area (Å²) in [5, 5.41) is 7.32. The molecule has 2 aliphatic rings. The molecule has 2 atom stereocenters. The minimum Gasteiger partial charge on any atom is -0.493 e. The van der Waals surface area contributed by atoms with Crippen LogP contribution in [0.1, 0.15) is 23.0 Å². The zero-order chi connectivity index (χ0) is 20.5. The molecule has 0 saturated carbocycles. The molecular formula is C20H24N4O5. The number of rotatable bonds is 4. The van der Waals surface area contributed by atoms with Gasteiger partial charge in [-0.25, -0.2) is 0 Å². The van der Waals surface area contributed by atoms with Gasteiger partial charge in [0.1, 0.15) is 6.61 Å². The summed E-state index contributed by atoms with van der Waals surface area (Å²) in [5.74, 6) is 0.672. The molecule has 4 rings (SSSR count). The molecule has 1 aromatic heterocycles. The second-order valence-corrected chi connectivity index (χ2v) is 7.15. The van der Waals surface area contributed by atoms with E-state index in [-0.39, 0.29) is 18.4 Å². The van der Waals surface area contributed by atoms with Gasteiger partial charge in [0.15, 0.2) is 17.6 Å². The number of methoxy groups -OCH3 is 2. The fraction of sp³-hybridized carbons (Fsp3) is 0.450. The maximum Gasteiger partial charge on any atom is 0.254 e. The van der Waals surface area contributed by atoms with Gasteiger partial charge in [0, 0.05) is 6.54 Å². The van der Waals surface area contributed by atoms with Gasteiger partial charge in [0.05, 0.1) is 44.7 Å². The van der Waals surface area contributed by atoms with Gasteiger partial charge < -0.3 is 24.4 Å². The van der Waals surface area contributed by atoms with E-state index in [1.54, 1.807) is 37.3 Å². The first-order valence-corrected chi connectivity index (χ1v) is 9.45. The molecule has 0 spiro atoms. The summed E-state index contributed by atoms with van der Waals surface area (Å²) in [6, 6.07) is 6.67. The van der Waals surface area contributed by atoms with E-state index >= 15 is 0 Å². The Morgan fingerprint density at radius 3 is 2.76 bits per heavy atom. The van der Waals surface area contributed by atoms with Crippen molar-refractivity contribution in [1.29, 1.82) is 0 Å². The fourth-order valence-corrected chi connectivity index (χ4v) is 3.85. The van der Waals surface area contributed by atoms with Crippen LogP contribution in [0.3, 0.4) is 0 Å². The van der Waals surface area contributed by atoms with Crippen molar-refractivity contribution in [3.63, 3.8) is 0 Å². The average molecular weight is 400 g/mol. The van der Waals surface area contributed by atoms with Crippen molar-refractivity contribution in [2.24, 2.45) is 0 Å². The molecule has 2 aliphatic heterocycles. The van der Waals surface area contributed by atoms with Gasteiger partial charge in [0.25, 0.3) is 5.91 Å². The summed E-state index contributed by atoms with van der Waals surface area (Å²) >= 11 is 0. The van der Waals surface area contributed by atoms with Gasteiger partial charge in [-0.2, -0.15) is 5.10 Å². The molecule has 2 amide bonds. The number of carbonyl (C=O) groups excluding carboxylic acids is 2. The summed E-state index contributed by atoms with van der Waals surface area (Å²) in [6.07, 6.45) is -0.818. The first kappa shape index (κ1) is 19.3. The van der Waals surface area contributed by atoms with Crippen molar-refractivity contribution in [3.05, 3.63) is 41.2 Å². The molecule has 0 radical (unpaired) electrons. The first-order valence-electron chi connectivity index (χ1n) is 9.45. The lowest BCUT2D eigenvalue weighted by Gasteiger charge is -2.36. The third kappa shape index (κ3) is 3.65. The number of nitrogens with one attached hydrogen (secondary N) is 1. The first-order chi connectivity index (χ1) is 14.0. The van der Waals surface area contributed by atoms with E-state index in [2.05, 4.69) is 10.4 Å². The average Bonchev–Trinajstić information content (AvgIpc) is 3.11. The zero-order valence-electron chi connectivity index (χ0n) is 16.7. The van der Waals surface area contributed by atoms with Crippen LogP contribution in [-0.2, 0) is 27.4 Å². The molecule has 1 saturated heterocycles. The minimum atomic E-state index is -0.818. The Bertz CT molecular complexity index is 941. The Morgan fingerprint density at radius 1 is 1.21 bits per heavy atom. The highest BCUT2D eigenvalue weighted by Crippen LogP contribution is 2.33. The van der Waals surface area contributed by atoms with Crippen LogP contribution in [0.2, 0.25) is 0 Å². The lowest BCUT2D eigenvalue weighted by atomic mass is 9.98. The lowest BCUT2D eigenvalue weighted by Crippen LogP contribution is -2.54. The van der Waals surface area contributed by atoms with E-state index in [1.807, 2.05) is 17.7 Å². The normalized spacial score (nSPS) is 21.3. The van der Waals surface area contributed by atoms with Crippen LogP contribution >= 0.6 is 0 Å². The lowest BCUT2D eigenvalue weighted by molar-refractivity contribution is -0.156. The number of hydrogen-bond donors (Lipinski definition) is 1. The third-order valence-electron chi connectivity index (χ3n) is 5.26. The van der Waals surface area contributed by atoms with Gasteiger partial charge in [-0.15, -0.1) is 0 Å². The molecule has 1 aromatic carbocycles. The SMILES string of the molecule is COc1ccc([C@H]2NC(=O)CO[C@@H]2C(=O)N2CCn3nc(C)cc3C2)cc1OC. The van der Waals surface area contributed by atoms with E-state index in [9.17, 15) is 9.59 Å². The number of amides is 2. The Hall–Kier alpha value is -3.07. The van der Waals surface area contributed by atoms with E-state index in [0.29, 0.717) is 36.7 Å². The summed E-state index contributed by atoms with van der Waals surface area (Å²) in [6.45, 7) is 3.43. The maximum absolute atomic E-state index is 13.3. The van der Waals surface area contributed by atoms with E-state index in [0.717, 1.165) is 11.4 Å². The van der Waals surface area contributed by atoms with Gasteiger partial charge in [-0.3, -0.25) is 14.3 Å². The fourth-order valence-electron chi connectivity index (χ4n) is 3.85. The summed E-state index contributed by atoms with van der Waals surface area (Å²) in [5.41, 5.74) is 2.63. The topological polar surface area (TPSA) is 94.9 Å². The second kappa shape index (κ2) is 7.75. The standard InChI is InChI=1S/C20H24N4O5/c1-12-8-14-10-23(6-7-24(14)22-12)20(26)19-18(21-17(25)11-29-19)13-4-5-15(27-2)16(9-13)28-3/h4-5,8-9,18-19H,6-7,10-11H2,1-3H3,(H,21,25)/t18-,19+/m1/s1. The predicted molar refractivity (Wildman–Crippen MR) is 103 cm³/mol. The van der Waals surface area contributed by atoms with Crippen LogP contribution in [0.25, 0.3) is 0 Å². The highest BCUT2D eigenvalue weighted by atomic mass is 16.5. The highest BCUT2D eigenvalue weighted by Gasteiger charge is 2.39. The largest absolute Gasteiger partial charge is 0.493 e. The Labute approximate surface area is 168 Å². The van der Waals surface area contributed by atoms with Crippen molar-refractivity contribution in [3.8, 4) is 11.5 Å². The summed E-state index contributed by atoms with van der Waals surface area (Å²) in [7, 11) is 3.09. The van der Waals surface area contributed by atoms with Crippen molar-refractivity contribution in [2.45, 2.75) is 32.2 Å². The van der Waals surface area contributed by atoms with Crippen LogP contribution in [0.15, 0.2) is 24.3 Å². The number of morpholine rings is 1. The highest BCUT2D eigenvalue weighted by molar-refractivity contribution is 5.86. The Balaban J connectivity index is 1.59. The molecule has 3 heterocycles. The number of aromatic nitrogens is 2. The number of benzene rings is 1. The van der Waals surface area contributed by atoms with Crippen molar-refractivity contribution < 1.29 is 23.8 Å². The van der Waals surface area contributed by atoms with Gasteiger partial charge >= 0.3 is 0 Å². The molecule has 0 aliphatic carbocycles. The van der Waals surface area contributed by atoms with E-state index in [4.69, 9.17) is 14.2 Å². The molecule has 2 aromatic rings. The quantitative estimate of drug-likeness (QED) is 0.816. The third-order valence-corrected chi connectivity index (χ3v) is 5.26. The maximum atomic E-state index is 13.3. The van der Waals surface area contributed by atoms with E-state index in [1.165, 1.54) is 0 Å². The van der Waals surface area contributed by atoms with Crippen molar-refractivity contribution >= 4 is 11.8 Å². The molecule has 9 heteroatoms. The number of hydrogen-bond acceptors (Lipinski definition) is 6. The van der Waals surface area contributed by atoms with Crippen LogP contribution in [0.5, 0.6) is 11.5 Å². The minimum absolute atomic E-state index is 0.148. The molecule has 9 nitrogen and oxygen atoms in total. The number of nitrogens with zero attached hydrogens (tertiary/aromatic N) is 3. The van der Waals surface area contributed by atoms with Gasteiger partial charge in [-0.1, -0.05) is 6.07 Å². The predicted octanol–water partition coefficient (Wildman–Crippen LogP) is 0.807. The number of ether oxygens (including phenoxy) is 3. The van der Waals surface area contributed by atoms with Crippen LogP contribution in [-0.4, -0.2) is 60.0 Å². The molecule has 1 fully saturated rings. The van der Waals surface area contributed by atoms with Crippen LogP contribution in [0.4, 0.5) is 0 Å². The van der Waals surface area contributed by atoms with E-state index < -0.39 is 12.1 Å². The summed E-state index contributed by atoms with van der Waals surface area (Å²) < 4.78 is 18.3. The molecule has 1 N–H and O–H groups in total. The van der Waals surface area contributed by atoms with Crippen LogP contribution < -0.4 is 14.8 Å². The summed E-state index contributed by atoms with van der Waals surface area (Å²) in [4.78, 5) is 27.1. The molecule has 154 valence electrons. The molecule has 0 unspecified atom stereocenters. The molecule has 0 bridgehead atoms. The Morgan fingerprint density at radius 2 is 2.00 bits per heavy atom. The number of aryl methyl sites for hydroxylation is 1. The smallest absolute Gasteiger partial charge is 0.254 e. The zero-order valence-corrected chi connectivity index (χ0v) is 16.7. The Kier molecular flexibility index (Phi) is 5.14. The second-order valence-electron chi connectivity index (χ2n) is 7.15.